The van der Waals surface area contributed by atoms with Gasteiger partial charge in [-0.1, -0.05) is 39.5 Å². The predicted octanol–water partition coefficient (Wildman–Crippen LogP) is 3.57. The van der Waals surface area contributed by atoms with E-state index in [1.807, 2.05) is 6.92 Å². The molecule has 0 rings (SSSR count). The summed E-state index contributed by atoms with van der Waals surface area (Å²) in [6.45, 7) is 8.36. The van der Waals surface area contributed by atoms with Crippen LogP contribution in [0.15, 0.2) is 0 Å². The number of hydrogen-bond acceptors (Lipinski definition) is 2. The average molecular weight is 231 g/mol. The van der Waals surface area contributed by atoms with Crippen LogP contribution in [0, 0.1) is 0 Å². The van der Waals surface area contributed by atoms with Crippen LogP contribution in [0.2, 0.25) is 0 Å². The van der Waals surface area contributed by atoms with Crippen molar-refractivity contribution >= 4 is 5.97 Å². The van der Waals surface area contributed by atoms with Gasteiger partial charge in [-0.05, 0) is 26.7 Å². The van der Waals surface area contributed by atoms with Gasteiger partial charge in [0, 0.05) is 12.0 Å². The van der Waals surface area contributed by atoms with Crippen molar-refractivity contribution in [3.63, 3.8) is 0 Å². The van der Waals surface area contributed by atoms with Crippen LogP contribution >= 0.6 is 0 Å². The fourth-order valence-corrected chi connectivity index (χ4v) is 1.16. The molecule has 0 spiro atoms. The van der Waals surface area contributed by atoms with Crippen molar-refractivity contribution < 1.29 is 9.90 Å². The van der Waals surface area contributed by atoms with Crippen LogP contribution in [0.5, 0.6) is 0 Å². The molecule has 0 fully saturated rings. The van der Waals surface area contributed by atoms with E-state index in [9.17, 15) is 4.79 Å². The summed E-state index contributed by atoms with van der Waals surface area (Å²) in [7, 11) is 0. The topological polar surface area (TPSA) is 63.3 Å². The van der Waals surface area contributed by atoms with Gasteiger partial charge in [0.25, 0.3) is 0 Å². The van der Waals surface area contributed by atoms with Crippen LogP contribution in [-0.2, 0) is 4.79 Å². The molecule has 0 unspecified atom stereocenters. The lowest BCUT2D eigenvalue weighted by Crippen LogP contribution is -2.31. The van der Waals surface area contributed by atoms with Gasteiger partial charge in [-0.3, -0.25) is 4.79 Å². The minimum atomic E-state index is -0.693. The summed E-state index contributed by atoms with van der Waals surface area (Å²) in [4.78, 5) is 9.76. The van der Waals surface area contributed by atoms with E-state index in [1.165, 1.54) is 19.3 Å². The summed E-state index contributed by atoms with van der Waals surface area (Å²) in [6.07, 6.45) is 7.12. The summed E-state index contributed by atoms with van der Waals surface area (Å²) in [5.41, 5.74) is 5.83. The first-order chi connectivity index (χ1) is 7.33. The Morgan fingerprint density at radius 3 is 1.88 bits per heavy atom. The number of carboxylic acid groups (broad SMARTS) is 1. The third kappa shape index (κ3) is 23.3. The van der Waals surface area contributed by atoms with Gasteiger partial charge in [-0.25, -0.2) is 0 Å². The molecule has 3 nitrogen and oxygen atoms in total. The van der Waals surface area contributed by atoms with Crippen molar-refractivity contribution in [3.8, 4) is 0 Å². The molecule has 0 aromatic heterocycles. The van der Waals surface area contributed by atoms with Crippen LogP contribution in [0.25, 0.3) is 0 Å². The van der Waals surface area contributed by atoms with E-state index in [0.29, 0.717) is 6.42 Å². The molecule has 16 heavy (non-hydrogen) atoms. The summed E-state index contributed by atoms with van der Waals surface area (Å²) in [5, 5.41) is 8.04. The Hall–Kier alpha value is -0.570. The zero-order chi connectivity index (χ0) is 13.0. The second kappa shape index (κ2) is 10.9. The summed E-state index contributed by atoms with van der Waals surface area (Å²) in [5.74, 6) is -0.693. The maximum atomic E-state index is 9.76. The fourth-order valence-electron chi connectivity index (χ4n) is 1.16. The van der Waals surface area contributed by atoms with E-state index >= 15 is 0 Å². The molecular weight excluding hydrogens is 202 g/mol. The summed E-state index contributed by atoms with van der Waals surface area (Å²) in [6, 6.07) is 0. The second-order valence-electron chi connectivity index (χ2n) is 4.94. The number of nitrogens with two attached hydrogens (primary N) is 1. The van der Waals surface area contributed by atoms with Gasteiger partial charge in [0.15, 0.2) is 0 Å². The van der Waals surface area contributed by atoms with Gasteiger partial charge in [0.1, 0.15) is 0 Å². The van der Waals surface area contributed by atoms with Crippen molar-refractivity contribution in [1.29, 1.82) is 0 Å². The van der Waals surface area contributed by atoms with Crippen LogP contribution in [-0.4, -0.2) is 16.6 Å². The molecule has 0 atom stereocenters. The highest BCUT2D eigenvalue weighted by atomic mass is 16.4. The molecule has 0 aliphatic rings. The van der Waals surface area contributed by atoms with Crippen molar-refractivity contribution in [2.45, 2.75) is 78.2 Å². The number of carbonyl (C=O) groups is 1. The maximum absolute atomic E-state index is 9.76. The third-order valence-electron chi connectivity index (χ3n) is 2.17. The minimum Gasteiger partial charge on any atom is -0.481 e. The van der Waals surface area contributed by atoms with Crippen molar-refractivity contribution in [1.82, 2.24) is 0 Å². The Morgan fingerprint density at radius 1 is 1.12 bits per heavy atom. The fraction of sp³-hybridized carbons (Fsp3) is 0.923. The molecular formula is C13H29NO2. The lowest BCUT2D eigenvalue weighted by molar-refractivity contribution is -0.137. The van der Waals surface area contributed by atoms with E-state index in [2.05, 4.69) is 20.8 Å². The normalized spacial score (nSPS) is 10.6. The van der Waals surface area contributed by atoms with Crippen molar-refractivity contribution in [3.05, 3.63) is 0 Å². The third-order valence-corrected chi connectivity index (χ3v) is 2.17. The van der Waals surface area contributed by atoms with E-state index in [1.54, 1.807) is 0 Å². The largest absolute Gasteiger partial charge is 0.481 e. The molecule has 0 aromatic carbocycles. The number of hydrogen-bond donors (Lipinski definition) is 2. The SMILES string of the molecule is CCCCC(=O)O.CCCCCC(C)(C)N. The number of carboxylic acids is 1. The summed E-state index contributed by atoms with van der Waals surface area (Å²) < 4.78 is 0. The first kappa shape index (κ1) is 17.8. The summed E-state index contributed by atoms with van der Waals surface area (Å²) >= 11 is 0. The zero-order valence-electron chi connectivity index (χ0n) is 11.4. The average Bonchev–Trinajstić information content (AvgIpc) is 2.14. The zero-order valence-corrected chi connectivity index (χ0v) is 11.4. The standard InChI is InChI=1S/C8H19N.C5H10O2/c1-4-5-6-7-8(2,3)9;1-2-3-4-5(6)7/h4-7,9H2,1-3H3;2-4H2,1H3,(H,6,7). The smallest absolute Gasteiger partial charge is 0.303 e. The van der Waals surface area contributed by atoms with Crippen molar-refractivity contribution in [2.24, 2.45) is 5.73 Å². The lowest BCUT2D eigenvalue weighted by Gasteiger charge is -2.17. The van der Waals surface area contributed by atoms with Gasteiger partial charge < -0.3 is 10.8 Å². The highest BCUT2D eigenvalue weighted by Gasteiger charge is 2.08. The molecule has 0 saturated heterocycles. The number of unbranched alkanes of at least 4 members (excludes halogenated alkanes) is 3. The molecule has 0 aliphatic heterocycles. The van der Waals surface area contributed by atoms with Gasteiger partial charge in [0.05, 0.1) is 0 Å². The Labute approximate surface area is 100 Å². The monoisotopic (exact) mass is 231 g/mol. The lowest BCUT2D eigenvalue weighted by atomic mass is 9.98. The Bertz CT molecular complexity index is 162. The number of aliphatic carboxylic acids is 1. The van der Waals surface area contributed by atoms with Crippen LogP contribution in [0.1, 0.15) is 72.6 Å². The van der Waals surface area contributed by atoms with Gasteiger partial charge in [-0.15, -0.1) is 0 Å². The van der Waals surface area contributed by atoms with Gasteiger partial charge >= 0.3 is 5.97 Å². The Kier molecular flexibility index (Phi) is 12.2. The molecule has 0 heterocycles. The molecule has 3 heteroatoms. The van der Waals surface area contributed by atoms with Gasteiger partial charge in [0.2, 0.25) is 0 Å². The molecule has 0 radical (unpaired) electrons. The van der Waals surface area contributed by atoms with Crippen molar-refractivity contribution in [2.75, 3.05) is 0 Å². The maximum Gasteiger partial charge on any atom is 0.303 e. The van der Waals surface area contributed by atoms with Gasteiger partial charge in [-0.2, -0.15) is 0 Å². The van der Waals surface area contributed by atoms with E-state index in [4.69, 9.17) is 10.8 Å². The molecule has 98 valence electrons. The van der Waals surface area contributed by atoms with E-state index in [-0.39, 0.29) is 5.54 Å². The first-order valence-corrected chi connectivity index (χ1v) is 6.34. The molecule has 0 saturated carbocycles. The van der Waals surface area contributed by atoms with Crippen LogP contribution in [0.4, 0.5) is 0 Å². The molecule has 0 aromatic rings. The van der Waals surface area contributed by atoms with E-state index in [0.717, 1.165) is 19.3 Å². The minimum absolute atomic E-state index is 0.0508. The Morgan fingerprint density at radius 2 is 1.62 bits per heavy atom. The molecule has 0 bridgehead atoms. The predicted molar refractivity (Wildman–Crippen MR) is 69.6 cm³/mol. The van der Waals surface area contributed by atoms with Crippen LogP contribution in [0.3, 0.4) is 0 Å². The Balaban J connectivity index is 0. The first-order valence-electron chi connectivity index (χ1n) is 6.34. The molecule has 0 amide bonds. The molecule has 3 N–H and O–H groups in total. The van der Waals surface area contributed by atoms with Crippen LogP contribution < -0.4 is 5.73 Å². The number of rotatable bonds is 7. The highest BCUT2D eigenvalue weighted by molar-refractivity contribution is 5.66. The van der Waals surface area contributed by atoms with E-state index < -0.39 is 5.97 Å². The molecule has 0 aliphatic carbocycles. The quantitative estimate of drug-likeness (QED) is 0.658. The highest BCUT2D eigenvalue weighted by Crippen LogP contribution is 2.09. The second-order valence-corrected chi connectivity index (χ2v) is 4.94.